The second kappa shape index (κ2) is 14.3. The number of benzene rings is 2. The summed E-state index contributed by atoms with van der Waals surface area (Å²) in [5.41, 5.74) is 6.54. The molecular weight excluding hydrogens is 623 g/mol. The molecule has 4 aliphatic rings. The third-order valence-electron chi connectivity index (χ3n) is 9.58. The Morgan fingerprint density at radius 2 is 1.00 bits per heavy atom. The van der Waals surface area contributed by atoms with Crippen LogP contribution >= 0.6 is 17.0 Å². The van der Waals surface area contributed by atoms with Crippen LogP contribution in [0.3, 0.4) is 0 Å². The van der Waals surface area contributed by atoms with Gasteiger partial charge in [-0.3, -0.25) is 0 Å². The summed E-state index contributed by atoms with van der Waals surface area (Å²) >= 11 is -0.826. The molecule has 4 aliphatic carbocycles. The van der Waals surface area contributed by atoms with Crippen molar-refractivity contribution in [3.63, 3.8) is 0 Å². The minimum absolute atomic E-state index is 0.552. The quantitative estimate of drug-likeness (QED) is 0.285. The molecule has 4 fully saturated rings. The van der Waals surface area contributed by atoms with E-state index in [0.717, 1.165) is 0 Å². The number of fused-ring (bicyclic) bond motifs is 2. The molecule has 0 N–H and O–H groups in total. The van der Waals surface area contributed by atoms with Crippen LogP contribution in [0.1, 0.15) is 88.2 Å². The van der Waals surface area contributed by atoms with Gasteiger partial charge in [0.25, 0.3) is 0 Å². The van der Waals surface area contributed by atoms with E-state index in [2.05, 4.69) is 100 Å². The predicted molar refractivity (Wildman–Crippen MR) is 170 cm³/mol. The molecule has 0 bridgehead atoms. The molecule has 0 unspecified atom stereocenters. The van der Waals surface area contributed by atoms with Crippen molar-refractivity contribution in [2.75, 3.05) is 0 Å². The molecule has 2 atom stereocenters. The number of hydrogen-bond donors (Lipinski definition) is 0. The van der Waals surface area contributed by atoms with Crippen LogP contribution in [0.5, 0.6) is 0 Å². The zero-order valence-electron chi connectivity index (χ0n) is 24.5. The van der Waals surface area contributed by atoms with Crippen molar-refractivity contribution in [3.8, 4) is 0 Å². The average molecular weight is 665 g/mol. The Kier molecular flexibility index (Phi) is 11.3. The van der Waals surface area contributed by atoms with E-state index in [9.17, 15) is 0 Å². The Labute approximate surface area is 265 Å². The van der Waals surface area contributed by atoms with Gasteiger partial charge in [0.05, 0.1) is 8.07 Å². The molecule has 0 aromatic heterocycles. The first-order valence-electron chi connectivity index (χ1n) is 15.0. The summed E-state index contributed by atoms with van der Waals surface area (Å²) in [5.74, 6) is 11.0. The first-order chi connectivity index (χ1) is 19.4. The van der Waals surface area contributed by atoms with E-state index in [1.165, 1.54) is 62.5 Å². The van der Waals surface area contributed by atoms with Crippen LogP contribution < -0.4 is 0 Å². The van der Waals surface area contributed by atoms with Gasteiger partial charge in [0.2, 0.25) is 0 Å². The molecule has 0 aliphatic heterocycles. The van der Waals surface area contributed by atoms with Crippen molar-refractivity contribution in [1.82, 2.24) is 0 Å². The van der Waals surface area contributed by atoms with Gasteiger partial charge in [0, 0.05) is 0 Å². The third-order valence-corrected chi connectivity index (χ3v) is 13.5. The molecule has 0 amide bonds. The Balaban J connectivity index is 0.00000103. The summed E-state index contributed by atoms with van der Waals surface area (Å²) in [7, 11) is 7.96. The van der Waals surface area contributed by atoms with E-state index in [-0.39, 0.29) is 0 Å². The molecule has 6 rings (SSSR count). The number of rotatable bonds is 4. The van der Waals surface area contributed by atoms with Gasteiger partial charge in [-0.2, -0.15) is 0 Å². The Hall–Kier alpha value is 0.120. The van der Waals surface area contributed by atoms with Gasteiger partial charge in [-0.1, -0.05) is 113 Å². The molecule has 4 saturated carbocycles. The van der Waals surface area contributed by atoms with E-state index < -0.39 is 28.9 Å². The molecule has 4 heteroatoms. The zero-order chi connectivity index (χ0) is 28.3. The summed E-state index contributed by atoms with van der Waals surface area (Å²) in [5, 5.41) is 0. The van der Waals surface area contributed by atoms with Crippen LogP contribution in [0.15, 0.2) is 60.7 Å². The molecule has 0 spiro atoms. The van der Waals surface area contributed by atoms with Crippen molar-refractivity contribution in [1.29, 1.82) is 0 Å². The standard InChI is InChI=1S/C36H42Si.2ClH.Zr/c1-25-23-33-29(27-15-7-5-8-16-27)19-11-13-21-31(33)35(25)37(3,4)36-26(2)24-34-30(20-12-14-22-32(34)36)28-17-9-6-10-18-28;;;/h5-10,15-18,23-24,29-30H,11-14,19-22H2,1-4H3;2*1H;/q;;;+4/p-2/t29-,30-;;;/m0.../s1. The monoisotopic (exact) mass is 662 g/mol. The van der Waals surface area contributed by atoms with E-state index in [1.807, 2.05) is 0 Å². The van der Waals surface area contributed by atoms with Crippen LogP contribution in [-0.4, -0.2) is 8.07 Å². The molecule has 2 aromatic rings. The molecule has 10 radical (unpaired) electrons. The maximum atomic E-state index is 4.93. The van der Waals surface area contributed by atoms with Crippen LogP contribution in [-0.2, 0) is 20.8 Å². The van der Waals surface area contributed by atoms with Crippen molar-refractivity contribution in [2.24, 2.45) is 0 Å². The molecular formula is C36H42Cl2SiZr+2. The molecule has 0 nitrogen and oxygen atoms in total. The molecule has 40 heavy (non-hydrogen) atoms. The summed E-state index contributed by atoms with van der Waals surface area (Å²) in [6, 6.07) is 22.6. The fraction of sp³-hybridized carbons (Fsp3) is 0.389. The second-order valence-electron chi connectivity index (χ2n) is 12.4. The van der Waals surface area contributed by atoms with E-state index >= 15 is 0 Å². The van der Waals surface area contributed by atoms with E-state index in [0.29, 0.717) is 11.8 Å². The summed E-state index contributed by atoms with van der Waals surface area (Å²) in [6.07, 6.45) is 15.6. The summed E-state index contributed by atoms with van der Waals surface area (Å²) in [4.78, 5) is 0. The van der Waals surface area contributed by atoms with Crippen molar-refractivity contribution in [2.45, 2.75) is 90.1 Å². The zero-order valence-corrected chi connectivity index (χ0v) is 29.5. The molecule has 0 saturated heterocycles. The molecule has 206 valence electrons. The van der Waals surface area contributed by atoms with Crippen LogP contribution in [0.2, 0.25) is 13.1 Å². The fourth-order valence-corrected chi connectivity index (χ4v) is 12.7. The Bertz CT molecular complexity index is 964. The van der Waals surface area contributed by atoms with Gasteiger partial charge < -0.3 is 0 Å². The topological polar surface area (TPSA) is 0 Å². The minimum atomic E-state index is -1.90. The SMILES string of the molecule is C[C]1[CH][C]2[C](CCCC[C@H]2c2ccccc2)[C]1[Si](C)(C)[C]1[C](C)[CH][C]2[C]1CCCC[C@H]2c1ccccc1.[Cl][Zr+2][Cl]. The average Bonchev–Trinajstić information content (AvgIpc) is 3.28. The summed E-state index contributed by atoms with van der Waals surface area (Å²) in [6.45, 7) is 10.2. The molecule has 2 aromatic carbocycles. The van der Waals surface area contributed by atoms with Crippen molar-refractivity contribution >= 4 is 25.1 Å². The molecule has 0 heterocycles. The van der Waals surface area contributed by atoms with Crippen molar-refractivity contribution < 1.29 is 20.8 Å². The fourth-order valence-electron chi connectivity index (χ4n) is 8.25. The predicted octanol–water partition coefficient (Wildman–Crippen LogP) is 10.9. The first-order valence-corrected chi connectivity index (χ1v) is 24.4. The van der Waals surface area contributed by atoms with Crippen molar-refractivity contribution in [3.05, 3.63) is 131 Å². The maximum absolute atomic E-state index is 4.93. The normalized spacial score (nSPS) is 26.9. The van der Waals surface area contributed by atoms with Gasteiger partial charge in [0.15, 0.2) is 0 Å². The van der Waals surface area contributed by atoms with Crippen LogP contribution in [0, 0.1) is 59.4 Å². The van der Waals surface area contributed by atoms with Crippen LogP contribution in [0.4, 0.5) is 0 Å². The van der Waals surface area contributed by atoms with E-state index in [1.54, 1.807) is 46.6 Å². The van der Waals surface area contributed by atoms with Gasteiger partial charge >= 0.3 is 37.9 Å². The first kappa shape index (κ1) is 31.5. The van der Waals surface area contributed by atoms with Crippen LogP contribution in [0.25, 0.3) is 0 Å². The van der Waals surface area contributed by atoms with Gasteiger partial charge in [-0.15, -0.1) is 0 Å². The Morgan fingerprint density at radius 1 is 0.625 bits per heavy atom. The number of hydrogen-bond acceptors (Lipinski definition) is 0. The Morgan fingerprint density at radius 3 is 1.38 bits per heavy atom. The van der Waals surface area contributed by atoms with Gasteiger partial charge in [0.1, 0.15) is 0 Å². The summed E-state index contributed by atoms with van der Waals surface area (Å²) < 4.78 is 0. The van der Waals surface area contributed by atoms with Gasteiger partial charge in [-0.25, -0.2) is 0 Å². The second-order valence-corrected chi connectivity index (χ2v) is 20.4. The van der Waals surface area contributed by atoms with Gasteiger partial charge in [-0.05, 0) is 108 Å². The third kappa shape index (κ3) is 6.47. The number of halogens is 2. The van der Waals surface area contributed by atoms with E-state index in [4.69, 9.17) is 17.0 Å².